The van der Waals surface area contributed by atoms with Gasteiger partial charge in [0.25, 0.3) is 5.56 Å². The molecular formula is C20H19N3O3S2. The lowest BCUT2D eigenvalue weighted by Gasteiger charge is -2.08. The Morgan fingerprint density at radius 1 is 1.32 bits per heavy atom. The molecule has 144 valence electrons. The summed E-state index contributed by atoms with van der Waals surface area (Å²) < 4.78 is 9.00. The largest absolute Gasteiger partial charge is 0.467 e. The smallest absolute Gasteiger partial charge is 0.262 e. The first-order valence-electron chi connectivity index (χ1n) is 8.75. The fraction of sp³-hybridized carbons (Fsp3) is 0.250. The minimum atomic E-state index is -0.0853. The van der Waals surface area contributed by atoms with Gasteiger partial charge in [-0.2, -0.15) is 0 Å². The lowest BCUT2D eigenvalue weighted by molar-refractivity contribution is 0.102. The van der Waals surface area contributed by atoms with Crippen LogP contribution in [0.25, 0.3) is 10.2 Å². The minimum absolute atomic E-state index is 0.0179. The van der Waals surface area contributed by atoms with Crippen molar-refractivity contribution in [1.29, 1.82) is 0 Å². The highest BCUT2D eigenvalue weighted by Gasteiger charge is 2.18. The highest BCUT2D eigenvalue weighted by atomic mass is 32.2. The number of carbonyl (C=O) groups excluding carboxylic acids is 1. The molecule has 0 bridgehead atoms. The van der Waals surface area contributed by atoms with Gasteiger partial charge in [-0.3, -0.25) is 14.2 Å². The van der Waals surface area contributed by atoms with Crippen LogP contribution in [-0.2, 0) is 13.6 Å². The number of furan rings is 1. The normalized spacial score (nSPS) is 11.4. The van der Waals surface area contributed by atoms with Crippen LogP contribution in [0.15, 0.2) is 50.3 Å². The third kappa shape index (κ3) is 3.33. The van der Waals surface area contributed by atoms with Crippen molar-refractivity contribution >= 4 is 39.1 Å². The first-order valence-corrected chi connectivity index (χ1v) is 10.6. The van der Waals surface area contributed by atoms with Crippen molar-refractivity contribution in [2.75, 3.05) is 5.75 Å². The van der Waals surface area contributed by atoms with Gasteiger partial charge in [-0.05, 0) is 43.5 Å². The van der Waals surface area contributed by atoms with Gasteiger partial charge in [0.1, 0.15) is 10.6 Å². The molecule has 0 unspecified atom stereocenters. The van der Waals surface area contributed by atoms with Crippen LogP contribution < -0.4 is 5.56 Å². The zero-order valence-corrected chi connectivity index (χ0v) is 17.4. The summed E-state index contributed by atoms with van der Waals surface area (Å²) >= 11 is 2.72. The summed E-state index contributed by atoms with van der Waals surface area (Å²) in [7, 11) is 1.69. The van der Waals surface area contributed by atoms with E-state index in [1.165, 1.54) is 27.7 Å². The van der Waals surface area contributed by atoms with Gasteiger partial charge in [0.05, 0.1) is 23.9 Å². The molecule has 4 aromatic heterocycles. The maximum Gasteiger partial charge on any atom is 0.262 e. The molecule has 0 spiro atoms. The third-order valence-corrected chi connectivity index (χ3v) is 6.60. The van der Waals surface area contributed by atoms with Crippen molar-refractivity contribution in [3.05, 3.63) is 69.0 Å². The summed E-state index contributed by atoms with van der Waals surface area (Å²) in [6.45, 7) is 4.52. The molecule has 0 saturated heterocycles. The summed E-state index contributed by atoms with van der Waals surface area (Å²) in [5, 5.41) is 3.02. The third-order valence-electron chi connectivity index (χ3n) is 4.76. The van der Waals surface area contributed by atoms with Crippen LogP contribution in [0.2, 0.25) is 0 Å². The van der Waals surface area contributed by atoms with E-state index in [0.717, 1.165) is 17.1 Å². The predicted octanol–water partition coefficient (Wildman–Crippen LogP) is 4.03. The number of hydrogen-bond acceptors (Lipinski definition) is 6. The van der Waals surface area contributed by atoms with Crippen molar-refractivity contribution in [1.82, 2.24) is 14.1 Å². The molecule has 0 radical (unpaired) electrons. The van der Waals surface area contributed by atoms with Crippen LogP contribution in [0.5, 0.6) is 0 Å². The Labute approximate surface area is 169 Å². The lowest BCUT2D eigenvalue weighted by Crippen LogP contribution is -2.19. The molecule has 0 saturated carbocycles. The van der Waals surface area contributed by atoms with Gasteiger partial charge in [0, 0.05) is 24.0 Å². The quantitative estimate of drug-likeness (QED) is 0.271. The molecule has 0 amide bonds. The van der Waals surface area contributed by atoms with E-state index < -0.39 is 0 Å². The molecule has 0 aliphatic carbocycles. The molecule has 4 aromatic rings. The number of hydrogen-bond donors (Lipinski definition) is 0. The fourth-order valence-corrected chi connectivity index (χ4v) is 4.86. The Morgan fingerprint density at radius 2 is 2.14 bits per heavy atom. The standard InChI is InChI=1S/C20H19N3O3S2/c1-12-9-16(13(2)23(12)10-14-5-4-7-26-14)17(24)11-28-20-21-18-15(6-8-27-18)19(25)22(20)3/h4-9H,10-11H2,1-3H3. The SMILES string of the molecule is Cc1cc(C(=O)CSc2nc3sccc3c(=O)n2C)c(C)n1Cc1ccco1. The number of thiophene rings is 1. The fourth-order valence-electron chi connectivity index (χ4n) is 3.20. The van der Waals surface area contributed by atoms with E-state index in [1.807, 2.05) is 37.4 Å². The van der Waals surface area contributed by atoms with Crippen molar-refractivity contribution in [2.24, 2.45) is 7.05 Å². The van der Waals surface area contributed by atoms with E-state index in [-0.39, 0.29) is 17.1 Å². The van der Waals surface area contributed by atoms with Crippen molar-refractivity contribution in [2.45, 2.75) is 25.5 Å². The summed E-state index contributed by atoms with van der Waals surface area (Å²) in [5.41, 5.74) is 2.53. The first-order chi connectivity index (χ1) is 13.5. The van der Waals surface area contributed by atoms with Crippen molar-refractivity contribution in [3.63, 3.8) is 0 Å². The van der Waals surface area contributed by atoms with Crippen LogP contribution in [0.4, 0.5) is 0 Å². The second-order valence-corrected chi connectivity index (χ2v) is 8.40. The Hall–Kier alpha value is -2.58. The van der Waals surface area contributed by atoms with Crippen molar-refractivity contribution < 1.29 is 9.21 Å². The topological polar surface area (TPSA) is 70.0 Å². The van der Waals surface area contributed by atoms with Gasteiger partial charge in [0.2, 0.25) is 0 Å². The average molecular weight is 414 g/mol. The van der Waals surface area contributed by atoms with E-state index in [2.05, 4.69) is 9.55 Å². The van der Waals surface area contributed by atoms with Crippen molar-refractivity contribution in [3.8, 4) is 0 Å². The van der Waals surface area contributed by atoms with Crippen LogP contribution in [0.1, 0.15) is 27.5 Å². The average Bonchev–Trinajstić information content (AvgIpc) is 3.41. The highest BCUT2D eigenvalue weighted by molar-refractivity contribution is 7.99. The maximum absolute atomic E-state index is 12.8. The van der Waals surface area contributed by atoms with E-state index in [9.17, 15) is 9.59 Å². The zero-order valence-electron chi connectivity index (χ0n) is 15.8. The molecule has 0 N–H and O–H groups in total. The number of aromatic nitrogens is 3. The number of rotatable bonds is 6. The molecule has 0 aliphatic heterocycles. The molecule has 0 aromatic carbocycles. The van der Waals surface area contributed by atoms with Crippen LogP contribution in [0, 0.1) is 13.8 Å². The van der Waals surface area contributed by atoms with E-state index >= 15 is 0 Å². The van der Waals surface area contributed by atoms with Gasteiger partial charge < -0.3 is 8.98 Å². The van der Waals surface area contributed by atoms with Gasteiger partial charge >= 0.3 is 0 Å². The summed E-state index contributed by atoms with van der Waals surface area (Å²) in [4.78, 5) is 30.5. The first kappa shape index (κ1) is 18.8. The molecule has 0 aliphatic rings. The minimum Gasteiger partial charge on any atom is -0.467 e. The Balaban J connectivity index is 1.55. The van der Waals surface area contributed by atoms with Gasteiger partial charge in [-0.15, -0.1) is 11.3 Å². The number of fused-ring (bicyclic) bond motifs is 1. The van der Waals surface area contributed by atoms with Crippen LogP contribution in [0.3, 0.4) is 0 Å². The number of Topliss-reactive ketones (excluding diaryl/α,β-unsaturated/α-hetero) is 1. The Morgan fingerprint density at radius 3 is 2.89 bits per heavy atom. The van der Waals surface area contributed by atoms with E-state index in [1.54, 1.807) is 19.4 Å². The molecule has 28 heavy (non-hydrogen) atoms. The summed E-state index contributed by atoms with van der Waals surface area (Å²) in [6.07, 6.45) is 1.65. The number of aryl methyl sites for hydroxylation is 1. The molecule has 8 heteroatoms. The van der Waals surface area contributed by atoms with Crippen LogP contribution >= 0.6 is 23.1 Å². The lowest BCUT2D eigenvalue weighted by atomic mass is 10.2. The van der Waals surface area contributed by atoms with Crippen LogP contribution in [-0.4, -0.2) is 25.7 Å². The van der Waals surface area contributed by atoms with Gasteiger partial charge in [-0.1, -0.05) is 11.8 Å². The van der Waals surface area contributed by atoms with Gasteiger partial charge in [-0.25, -0.2) is 4.98 Å². The molecule has 6 nitrogen and oxygen atoms in total. The number of ketones is 1. The summed E-state index contributed by atoms with van der Waals surface area (Å²) in [6, 6.07) is 7.47. The number of carbonyl (C=O) groups is 1. The monoisotopic (exact) mass is 413 g/mol. The van der Waals surface area contributed by atoms with E-state index in [0.29, 0.717) is 27.5 Å². The number of nitrogens with zero attached hydrogens (tertiary/aromatic N) is 3. The zero-order chi connectivity index (χ0) is 19.8. The predicted molar refractivity (Wildman–Crippen MR) is 112 cm³/mol. The second-order valence-electron chi connectivity index (χ2n) is 6.56. The molecular weight excluding hydrogens is 394 g/mol. The number of thioether (sulfide) groups is 1. The van der Waals surface area contributed by atoms with Gasteiger partial charge in [0.15, 0.2) is 10.9 Å². The summed E-state index contributed by atoms with van der Waals surface area (Å²) in [5.74, 6) is 1.09. The molecule has 0 fully saturated rings. The maximum atomic E-state index is 12.8. The molecule has 0 atom stereocenters. The second kappa shape index (κ2) is 7.44. The Kier molecular flexibility index (Phi) is 4.99. The Bertz CT molecular complexity index is 1220. The molecule has 4 heterocycles. The van der Waals surface area contributed by atoms with E-state index in [4.69, 9.17) is 4.42 Å². The molecule has 4 rings (SSSR count). The highest BCUT2D eigenvalue weighted by Crippen LogP contribution is 2.23.